The van der Waals surface area contributed by atoms with Crippen LogP contribution in [0.5, 0.6) is 0 Å². The second kappa shape index (κ2) is 3.98. The van der Waals surface area contributed by atoms with Gasteiger partial charge in [0.15, 0.2) is 0 Å². The molecule has 0 aromatic rings. The Labute approximate surface area is 30.0 Å². The van der Waals surface area contributed by atoms with Gasteiger partial charge in [0.25, 0.3) is 0 Å². The van der Waals surface area contributed by atoms with Crippen molar-refractivity contribution in [1.82, 2.24) is 6.15 Å². The van der Waals surface area contributed by atoms with Crippen molar-refractivity contribution in [3.8, 4) is 0 Å². The van der Waals surface area contributed by atoms with E-state index in [0.29, 0.717) is 0 Å². The van der Waals surface area contributed by atoms with Crippen molar-refractivity contribution < 1.29 is 14.4 Å². The van der Waals surface area contributed by atoms with Crippen LogP contribution in [0.1, 0.15) is 0 Å². The molecule has 0 aliphatic rings. The minimum absolute atomic E-state index is 0. The zero-order valence-corrected chi connectivity index (χ0v) is 3.61. The first-order valence-corrected chi connectivity index (χ1v) is 1.70. The third-order valence-corrected chi connectivity index (χ3v) is 0. The molecular formula is H5NO3P+. The summed E-state index contributed by atoms with van der Waals surface area (Å²) in [5.41, 5.74) is 0. The quantitative estimate of drug-likeness (QED) is 0.395. The van der Waals surface area contributed by atoms with Crippen LogP contribution in [-0.2, 0) is 4.57 Å². The van der Waals surface area contributed by atoms with Crippen molar-refractivity contribution in [2.45, 2.75) is 0 Å². The maximum Gasteiger partial charge on any atom is 0.485 e. The third-order valence-electron chi connectivity index (χ3n) is 0. The summed E-state index contributed by atoms with van der Waals surface area (Å²) in [6.45, 7) is 0. The maximum absolute atomic E-state index is 8.59. The Hall–Kier alpha value is -0.0200. The molecule has 0 spiro atoms. The van der Waals surface area contributed by atoms with Crippen LogP contribution in [0.3, 0.4) is 0 Å². The zero-order valence-electron chi connectivity index (χ0n) is 2.71. The molecule has 0 rings (SSSR count). The second-order valence-corrected chi connectivity index (χ2v) is 0.714. The van der Waals surface area contributed by atoms with E-state index in [9.17, 15) is 0 Å². The molecule has 0 fully saturated rings. The first-order valence-electron chi connectivity index (χ1n) is 0.565. The molecule has 32 valence electrons. The van der Waals surface area contributed by atoms with Gasteiger partial charge in [-0.1, -0.05) is 0 Å². The van der Waals surface area contributed by atoms with Gasteiger partial charge >= 0.3 is 8.25 Å². The highest BCUT2D eigenvalue weighted by atomic mass is 31.1. The summed E-state index contributed by atoms with van der Waals surface area (Å²) in [6.07, 6.45) is 0. The zero-order chi connectivity index (χ0) is 3.58. The van der Waals surface area contributed by atoms with Crippen LogP contribution in [0.15, 0.2) is 0 Å². The van der Waals surface area contributed by atoms with Crippen LogP contribution < -0.4 is 11.0 Å². The Morgan fingerprint density at radius 2 is 1.80 bits per heavy atom. The van der Waals surface area contributed by atoms with Crippen molar-refractivity contribution >= 4 is 8.25 Å². The molecule has 0 saturated carbocycles. The highest BCUT2D eigenvalue weighted by Gasteiger charge is 1.73. The lowest BCUT2D eigenvalue weighted by molar-refractivity contribution is -0.180. The Balaban J connectivity index is 0. The Morgan fingerprint density at radius 1 is 1.80 bits per heavy atom. The fourth-order valence-corrected chi connectivity index (χ4v) is 0. The van der Waals surface area contributed by atoms with Crippen molar-refractivity contribution in [1.29, 1.82) is 0 Å². The molecule has 0 aliphatic carbocycles. The fraction of sp³-hybridized carbons (Fsp3) is 0. The summed E-state index contributed by atoms with van der Waals surface area (Å²) < 4.78 is 8.59. The molecule has 1 unspecified atom stereocenters. The molecular weight excluding hydrogens is 93.0 g/mol. The number of quaternary nitrogens is 1. The van der Waals surface area contributed by atoms with Gasteiger partial charge in [-0.15, -0.1) is 0 Å². The van der Waals surface area contributed by atoms with Crippen LogP contribution in [-0.4, -0.2) is 4.89 Å². The average molecular weight is 98.0 g/mol. The van der Waals surface area contributed by atoms with E-state index in [1.807, 2.05) is 0 Å². The topological polar surface area (TPSA) is 96.9 Å². The van der Waals surface area contributed by atoms with Crippen LogP contribution >= 0.6 is 8.25 Å². The summed E-state index contributed by atoms with van der Waals surface area (Å²) in [7, 11) is -3.12. The third kappa shape index (κ3) is 39000. The highest BCUT2D eigenvalue weighted by molar-refractivity contribution is 7.29. The first-order chi connectivity index (χ1) is 1.73. The molecule has 0 heterocycles. The Morgan fingerprint density at radius 3 is 1.80 bits per heavy atom. The standard InChI is InChI=1S/H3N.HO3P/c;1-4(2)3/h1H3;(H,1,2,3)/p+1. The largest absolute Gasteiger partial charge is 0.567 e. The van der Waals surface area contributed by atoms with Gasteiger partial charge < -0.3 is 11.0 Å². The summed E-state index contributed by atoms with van der Waals surface area (Å²) >= 11 is 0. The van der Waals surface area contributed by atoms with Gasteiger partial charge in [-0.05, 0) is 4.57 Å². The van der Waals surface area contributed by atoms with Gasteiger partial charge in [-0.3, -0.25) is 0 Å². The molecule has 0 aromatic heterocycles. The minimum atomic E-state index is -3.12. The minimum Gasteiger partial charge on any atom is -0.567 e. The van der Waals surface area contributed by atoms with E-state index >= 15 is 0 Å². The molecule has 0 bridgehead atoms. The van der Waals surface area contributed by atoms with E-state index in [1.165, 1.54) is 0 Å². The molecule has 1 atom stereocenters. The first kappa shape index (κ1) is 8.88. The predicted molar refractivity (Wildman–Crippen MR) is 15.8 cm³/mol. The monoisotopic (exact) mass is 98.0 g/mol. The van der Waals surface area contributed by atoms with Crippen molar-refractivity contribution in [2.75, 3.05) is 0 Å². The summed E-state index contributed by atoms with van der Waals surface area (Å²) in [6, 6.07) is 0. The van der Waals surface area contributed by atoms with Gasteiger partial charge in [0.05, 0.1) is 0 Å². The van der Waals surface area contributed by atoms with Gasteiger partial charge in [0.2, 0.25) is 0 Å². The molecule has 0 saturated heterocycles. The summed E-state index contributed by atoms with van der Waals surface area (Å²) in [5, 5.41) is 0. The highest BCUT2D eigenvalue weighted by Crippen LogP contribution is 1.89. The maximum atomic E-state index is 8.59. The van der Waals surface area contributed by atoms with E-state index in [1.54, 1.807) is 0 Å². The van der Waals surface area contributed by atoms with E-state index in [0.717, 1.165) is 0 Å². The second-order valence-electron chi connectivity index (χ2n) is 0.238. The van der Waals surface area contributed by atoms with Crippen molar-refractivity contribution in [3.63, 3.8) is 0 Å². The molecule has 5 heavy (non-hydrogen) atoms. The van der Waals surface area contributed by atoms with Gasteiger partial charge in [0, 0.05) is 0 Å². The van der Waals surface area contributed by atoms with Crippen LogP contribution in [0.4, 0.5) is 0 Å². The Bertz CT molecular complexity index is 29.9. The molecule has 0 radical (unpaired) electrons. The number of rotatable bonds is 0. The molecule has 0 amide bonds. The lowest BCUT2D eigenvalue weighted by Gasteiger charge is -1.56. The molecule has 0 aromatic carbocycles. The fourth-order valence-electron chi connectivity index (χ4n) is 0. The van der Waals surface area contributed by atoms with E-state index in [4.69, 9.17) is 14.4 Å². The molecule has 5 N–H and O–H groups in total. The molecule has 0 aliphatic heterocycles. The van der Waals surface area contributed by atoms with E-state index in [-0.39, 0.29) is 6.15 Å². The van der Waals surface area contributed by atoms with Crippen LogP contribution in [0, 0.1) is 0 Å². The molecule has 4 nitrogen and oxygen atoms in total. The summed E-state index contributed by atoms with van der Waals surface area (Å²) in [4.78, 5) is 15.6. The van der Waals surface area contributed by atoms with Crippen molar-refractivity contribution in [2.24, 2.45) is 0 Å². The van der Waals surface area contributed by atoms with E-state index < -0.39 is 8.25 Å². The van der Waals surface area contributed by atoms with Gasteiger partial charge in [-0.25, -0.2) is 0 Å². The van der Waals surface area contributed by atoms with Gasteiger partial charge in [0.1, 0.15) is 0 Å². The lowest BCUT2D eigenvalue weighted by Crippen LogP contribution is -1.78. The van der Waals surface area contributed by atoms with Crippen LogP contribution in [0.25, 0.3) is 0 Å². The van der Waals surface area contributed by atoms with Crippen LogP contribution in [0.2, 0.25) is 0 Å². The lowest BCUT2D eigenvalue weighted by atomic mass is 14.0. The Kier molecular flexibility index (Phi) is 7.07. The predicted octanol–water partition coefficient (Wildman–Crippen LogP) is -0.627. The normalized spacial score (nSPS) is 8.80. The molecule has 5 heteroatoms. The number of hydrogen-bond acceptors (Lipinski definition) is 2. The SMILES string of the molecule is O=[P+]([O-])O.[NH4+]. The van der Waals surface area contributed by atoms with E-state index in [2.05, 4.69) is 0 Å². The summed E-state index contributed by atoms with van der Waals surface area (Å²) in [5.74, 6) is 0. The number of hydrogen-bond donors (Lipinski definition) is 2. The van der Waals surface area contributed by atoms with Gasteiger partial charge in [-0.2, -0.15) is 4.89 Å². The average Bonchev–Trinajstić information content (AvgIpc) is 0.811. The van der Waals surface area contributed by atoms with Crippen molar-refractivity contribution in [3.05, 3.63) is 0 Å². The smallest absolute Gasteiger partial charge is 0.485 e.